The number of aromatic nitrogens is 5. The largest absolute Gasteiger partial charge is 0.274 e. The molecular formula is C30H19N5. The molecule has 0 unspecified atom stereocenters. The second-order valence-corrected chi connectivity index (χ2v) is 8.41. The van der Waals surface area contributed by atoms with E-state index in [2.05, 4.69) is 28.7 Å². The highest BCUT2D eigenvalue weighted by Crippen LogP contribution is 2.31. The molecule has 0 bridgehead atoms. The zero-order valence-corrected chi connectivity index (χ0v) is 18.7. The van der Waals surface area contributed by atoms with Gasteiger partial charge in [-0.15, -0.1) is 0 Å². The Balaban J connectivity index is 1.60. The highest BCUT2D eigenvalue weighted by molar-refractivity contribution is 5.98. The molecule has 5 nitrogen and oxygen atoms in total. The second kappa shape index (κ2) is 7.85. The van der Waals surface area contributed by atoms with Gasteiger partial charge in [-0.05, 0) is 30.3 Å². The molecule has 7 aromatic rings. The maximum Gasteiger partial charge on any atom is 0.165 e. The Hall–Kier alpha value is -4.90. The number of benzene rings is 4. The lowest BCUT2D eigenvalue weighted by Gasteiger charge is -2.12. The highest BCUT2D eigenvalue weighted by Gasteiger charge is 2.18. The zero-order chi connectivity index (χ0) is 23.2. The molecule has 0 N–H and O–H groups in total. The van der Waals surface area contributed by atoms with Crippen LogP contribution in [0.2, 0.25) is 0 Å². The summed E-state index contributed by atoms with van der Waals surface area (Å²) in [4.78, 5) is 20.0. The van der Waals surface area contributed by atoms with Crippen molar-refractivity contribution in [1.29, 1.82) is 0 Å². The first-order valence-electron chi connectivity index (χ1n) is 11.5. The van der Waals surface area contributed by atoms with Crippen LogP contribution in [0, 0.1) is 0 Å². The zero-order valence-electron chi connectivity index (χ0n) is 18.7. The van der Waals surface area contributed by atoms with Gasteiger partial charge in [-0.1, -0.05) is 84.9 Å². The molecule has 164 valence electrons. The first kappa shape index (κ1) is 19.6. The average molecular weight is 450 g/mol. The molecule has 0 spiro atoms. The third-order valence-corrected chi connectivity index (χ3v) is 6.20. The van der Waals surface area contributed by atoms with Crippen molar-refractivity contribution < 1.29 is 0 Å². The summed E-state index contributed by atoms with van der Waals surface area (Å²) in [6.07, 6.45) is 0. The van der Waals surface area contributed by atoms with E-state index in [1.807, 2.05) is 91.0 Å². The van der Waals surface area contributed by atoms with Crippen LogP contribution in [0.1, 0.15) is 0 Å². The first-order valence-corrected chi connectivity index (χ1v) is 11.5. The standard InChI is InChI=1S/C30H19N5/c1-3-11-20(12-4-1)25-19-26(32-28(31-25)21-13-5-2-6-14-21)30-33-23-16-8-7-15-22(23)29-34-24-17-9-10-18-27(24)35(29)30/h1-19H. The number of para-hydroxylation sites is 3. The van der Waals surface area contributed by atoms with E-state index >= 15 is 0 Å². The fourth-order valence-electron chi connectivity index (χ4n) is 4.55. The molecule has 4 aromatic carbocycles. The van der Waals surface area contributed by atoms with Crippen LogP contribution < -0.4 is 0 Å². The van der Waals surface area contributed by atoms with Gasteiger partial charge in [0.05, 0.1) is 22.2 Å². The van der Waals surface area contributed by atoms with Gasteiger partial charge >= 0.3 is 0 Å². The summed E-state index contributed by atoms with van der Waals surface area (Å²) in [5, 5.41) is 1.01. The summed E-state index contributed by atoms with van der Waals surface area (Å²) in [7, 11) is 0. The molecule has 0 amide bonds. The molecule has 0 fully saturated rings. The average Bonchev–Trinajstić information content (AvgIpc) is 3.33. The summed E-state index contributed by atoms with van der Waals surface area (Å²) in [6.45, 7) is 0. The highest BCUT2D eigenvalue weighted by atomic mass is 15.1. The Morgan fingerprint density at radius 1 is 0.486 bits per heavy atom. The molecule has 0 radical (unpaired) electrons. The quantitative estimate of drug-likeness (QED) is 0.297. The van der Waals surface area contributed by atoms with Gasteiger partial charge in [0, 0.05) is 16.5 Å². The maximum atomic E-state index is 5.10. The van der Waals surface area contributed by atoms with Crippen molar-refractivity contribution >= 4 is 27.6 Å². The monoisotopic (exact) mass is 449 g/mol. The molecular weight excluding hydrogens is 430 g/mol. The number of hydrogen-bond donors (Lipinski definition) is 0. The van der Waals surface area contributed by atoms with Crippen LogP contribution in [0.5, 0.6) is 0 Å². The molecule has 0 saturated carbocycles. The van der Waals surface area contributed by atoms with E-state index in [1.165, 1.54) is 0 Å². The third kappa shape index (κ3) is 3.25. The lowest BCUT2D eigenvalue weighted by atomic mass is 10.1. The lowest BCUT2D eigenvalue weighted by Crippen LogP contribution is -2.02. The molecule has 7 rings (SSSR count). The van der Waals surface area contributed by atoms with E-state index in [1.54, 1.807) is 0 Å². The van der Waals surface area contributed by atoms with Crippen LogP contribution >= 0.6 is 0 Å². The fourth-order valence-corrected chi connectivity index (χ4v) is 4.55. The smallest absolute Gasteiger partial charge is 0.165 e. The topological polar surface area (TPSA) is 56.0 Å². The van der Waals surface area contributed by atoms with E-state index < -0.39 is 0 Å². The molecule has 0 aliphatic carbocycles. The predicted molar refractivity (Wildman–Crippen MR) is 140 cm³/mol. The third-order valence-electron chi connectivity index (χ3n) is 6.20. The fraction of sp³-hybridized carbons (Fsp3) is 0. The van der Waals surface area contributed by atoms with Crippen molar-refractivity contribution in [3.8, 4) is 34.2 Å². The first-order chi connectivity index (χ1) is 17.3. The van der Waals surface area contributed by atoms with Crippen molar-refractivity contribution in [2.45, 2.75) is 0 Å². The van der Waals surface area contributed by atoms with Crippen LogP contribution in [0.15, 0.2) is 115 Å². The molecule has 5 heteroatoms. The Morgan fingerprint density at radius 2 is 1.11 bits per heavy atom. The van der Waals surface area contributed by atoms with Gasteiger partial charge in [0.1, 0.15) is 11.3 Å². The maximum absolute atomic E-state index is 5.10. The van der Waals surface area contributed by atoms with Crippen LogP contribution in [0.3, 0.4) is 0 Å². The molecule has 35 heavy (non-hydrogen) atoms. The van der Waals surface area contributed by atoms with Crippen molar-refractivity contribution in [2.75, 3.05) is 0 Å². The molecule has 3 heterocycles. The van der Waals surface area contributed by atoms with Crippen LogP contribution in [-0.2, 0) is 0 Å². The summed E-state index contributed by atoms with van der Waals surface area (Å²) in [5.41, 5.74) is 7.25. The number of imidazole rings is 1. The van der Waals surface area contributed by atoms with Gasteiger partial charge in [0.25, 0.3) is 0 Å². The van der Waals surface area contributed by atoms with Crippen LogP contribution in [0.4, 0.5) is 0 Å². The van der Waals surface area contributed by atoms with Gasteiger partial charge in [0.2, 0.25) is 0 Å². The summed E-state index contributed by atoms with van der Waals surface area (Å²) in [6, 6.07) is 38.5. The number of fused-ring (bicyclic) bond motifs is 5. The van der Waals surface area contributed by atoms with Gasteiger partial charge in [-0.2, -0.15) is 0 Å². The number of nitrogens with zero attached hydrogens (tertiary/aromatic N) is 5. The normalized spacial score (nSPS) is 11.4. The SMILES string of the molecule is c1ccc(-c2cc(-c3nc4ccccc4c4nc5ccccc5n34)nc(-c3ccccc3)n2)cc1. The van der Waals surface area contributed by atoms with Gasteiger partial charge < -0.3 is 0 Å². The summed E-state index contributed by atoms with van der Waals surface area (Å²) >= 11 is 0. The van der Waals surface area contributed by atoms with Crippen LogP contribution in [-0.4, -0.2) is 24.3 Å². The molecule has 0 aliphatic rings. The lowest BCUT2D eigenvalue weighted by molar-refractivity contribution is 1.10. The molecule has 0 aliphatic heterocycles. The Kier molecular flexibility index (Phi) is 4.39. The summed E-state index contributed by atoms with van der Waals surface area (Å²) in [5.74, 6) is 1.40. The predicted octanol–water partition coefficient (Wildman–Crippen LogP) is 6.83. The molecule has 0 saturated heterocycles. The second-order valence-electron chi connectivity index (χ2n) is 8.41. The van der Waals surface area contributed by atoms with Crippen molar-refractivity contribution in [2.24, 2.45) is 0 Å². The van der Waals surface area contributed by atoms with E-state index in [0.717, 1.165) is 55.9 Å². The minimum Gasteiger partial charge on any atom is -0.274 e. The van der Waals surface area contributed by atoms with E-state index in [0.29, 0.717) is 5.82 Å². The van der Waals surface area contributed by atoms with Gasteiger partial charge in [-0.3, -0.25) is 4.40 Å². The summed E-state index contributed by atoms with van der Waals surface area (Å²) < 4.78 is 2.11. The van der Waals surface area contributed by atoms with Crippen molar-refractivity contribution in [1.82, 2.24) is 24.3 Å². The molecule has 0 atom stereocenters. The Bertz CT molecular complexity index is 1780. The minimum atomic E-state index is 0.662. The number of hydrogen-bond acceptors (Lipinski definition) is 4. The van der Waals surface area contributed by atoms with Crippen molar-refractivity contribution in [3.63, 3.8) is 0 Å². The van der Waals surface area contributed by atoms with Crippen LogP contribution in [0.25, 0.3) is 61.7 Å². The Morgan fingerprint density at radius 3 is 1.91 bits per heavy atom. The van der Waals surface area contributed by atoms with E-state index in [4.69, 9.17) is 19.9 Å². The minimum absolute atomic E-state index is 0.662. The van der Waals surface area contributed by atoms with Gasteiger partial charge in [-0.25, -0.2) is 19.9 Å². The number of rotatable bonds is 3. The Labute approximate surface area is 201 Å². The van der Waals surface area contributed by atoms with E-state index in [-0.39, 0.29) is 0 Å². The van der Waals surface area contributed by atoms with Gasteiger partial charge in [0.15, 0.2) is 11.6 Å². The molecule has 3 aromatic heterocycles. The van der Waals surface area contributed by atoms with Crippen molar-refractivity contribution in [3.05, 3.63) is 115 Å². The van der Waals surface area contributed by atoms with E-state index in [9.17, 15) is 0 Å².